The van der Waals surface area contributed by atoms with Crippen molar-refractivity contribution in [2.24, 2.45) is 0 Å². The Morgan fingerprint density at radius 2 is 2.12 bits per heavy atom. The predicted molar refractivity (Wildman–Crippen MR) is 66.1 cm³/mol. The fraction of sp³-hybridized carbons (Fsp3) is 0.231. The maximum absolute atomic E-state index is 11.8. The van der Waals surface area contributed by atoms with Gasteiger partial charge in [0.1, 0.15) is 16.5 Å². The standard InChI is InChI=1S/C13H12N2O2/c1-2-7-15-8-10-12(14-15)9-5-3-4-6-11(9)17-13(10)16/h3-6,8H,2,7H2,1H3. The van der Waals surface area contributed by atoms with Crippen LogP contribution in [-0.4, -0.2) is 9.78 Å². The summed E-state index contributed by atoms with van der Waals surface area (Å²) in [6, 6.07) is 7.47. The average molecular weight is 228 g/mol. The minimum Gasteiger partial charge on any atom is -0.422 e. The zero-order valence-electron chi connectivity index (χ0n) is 9.51. The lowest BCUT2D eigenvalue weighted by molar-refractivity contribution is 0.569. The van der Waals surface area contributed by atoms with Crippen molar-refractivity contribution in [3.8, 4) is 0 Å². The van der Waals surface area contributed by atoms with E-state index in [1.165, 1.54) is 0 Å². The summed E-state index contributed by atoms with van der Waals surface area (Å²) in [5.41, 5.74) is 0.998. The van der Waals surface area contributed by atoms with Crippen LogP contribution in [0.25, 0.3) is 21.9 Å². The molecule has 3 rings (SSSR count). The van der Waals surface area contributed by atoms with Gasteiger partial charge in [-0.1, -0.05) is 19.1 Å². The number of fused-ring (bicyclic) bond motifs is 3. The molecule has 17 heavy (non-hydrogen) atoms. The van der Waals surface area contributed by atoms with E-state index in [2.05, 4.69) is 12.0 Å². The van der Waals surface area contributed by atoms with Crippen molar-refractivity contribution in [1.29, 1.82) is 0 Å². The van der Waals surface area contributed by atoms with Crippen LogP contribution in [0.3, 0.4) is 0 Å². The third kappa shape index (κ3) is 1.53. The monoisotopic (exact) mass is 228 g/mol. The number of nitrogens with zero attached hydrogens (tertiary/aromatic N) is 2. The molecule has 0 radical (unpaired) electrons. The van der Waals surface area contributed by atoms with Crippen molar-refractivity contribution >= 4 is 21.9 Å². The lowest BCUT2D eigenvalue weighted by Crippen LogP contribution is -1.97. The number of benzene rings is 1. The normalized spacial score (nSPS) is 11.4. The molecule has 86 valence electrons. The Morgan fingerprint density at radius 1 is 1.29 bits per heavy atom. The zero-order chi connectivity index (χ0) is 11.8. The number of rotatable bonds is 2. The van der Waals surface area contributed by atoms with Gasteiger partial charge in [0, 0.05) is 18.1 Å². The number of para-hydroxylation sites is 1. The average Bonchev–Trinajstić information content (AvgIpc) is 2.74. The Morgan fingerprint density at radius 3 is 2.94 bits per heavy atom. The number of hydrogen-bond donors (Lipinski definition) is 0. The Bertz CT molecular complexity index is 740. The van der Waals surface area contributed by atoms with Crippen LogP contribution in [0.4, 0.5) is 0 Å². The van der Waals surface area contributed by atoms with Crippen molar-refractivity contribution in [2.45, 2.75) is 19.9 Å². The number of aromatic nitrogens is 2. The summed E-state index contributed by atoms with van der Waals surface area (Å²) in [5.74, 6) is 0. The van der Waals surface area contributed by atoms with Crippen LogP contribution < -0.4 is 5.63 Å². The fourth-order valence-electron chi connectivity index (χ4n) is 2.02. The van der Waals surface area contributed by atoms with Gasteiger partial charge in [0.25, 0.3) is 0 Å². The van der Waals surface area contributed by atoms with Crippen LogP contribution in [0.5, 0.6) is 0 Å². The van der Waals surface area contributed by atoms with E-state index in [4.69, 9.17) is 4.42 Å². The molecule has 4 heteroatoms. The van der Waals surface area contributed by atoms with E-state index in [0.29, 0.717) is 11.0 Å². The molecule has 0 atom stereocenters. The van der Waals surface area contributed by atoms with Crippen molar-refractivity contribution in [1.82, 2.24) is 9.78 Å². The second-order valence-corrected chi connectivity index (χ2v) is 4.04. The van der Waals surface area contributed by atoms with E-state index in [-0.39, 0.29) is 5.63 Å². The van der Waals surface area contributed by atoms with Crippen molar-refractivity contribution in [3.05, 3.63) is 40.9 Å². The summed E-state index contributed by atoms with van der Waals surface area (Å²) in [7, 11) is 0. The first-order valence-corrected chi connectivity index (χ1v) is 5.68. The maximum atomic E-state index is 11.8. The molecule has 2 aromatic heterocycles. The number of hydrogen-bond acceptors (Lipinski definition) is 3. The van der Waals surface area contributed by atoms with Gasteiger partial charge in [-0.3, -0.25) is 4.68 Å². The molecule has 0 saturated heterocycles. The van der Waals surface area contributed by atoms with E-state index < -0.39 is 0 Å². The van der Waals surface area contributed by atoms with Crippen LogP contribution in [0.15, 0.2) is 39.7 Å². The Labute approximate surface area is 97.5 Å². The molecule has 2 heterocycles. The first kappa shape index (κ1) is 10.1. The maximum Gasteiger partial charge on any atom is 0.347 e. The second kappa shape index (κ2) is 3.73. The Hall–Kier alpha value is -2.10. The van der Waals surface area contributed by atoms with Crippen molar-refractivity contribution in [2.75, 3.05) is 0 Å². The first-order valence-electron chi connectivity index (χ1n) is 5.68. The van der Waals surface area contributed by atoms with Gasteiger partial charge in [0.05, 0.1) is 0 Å². The quantitative estimate of drug-likeness (QED) is 0.633. The minimum atomic E-state index is -0.318. The van der Waals surface area contributed by atoms with Crippen LogP contribution in [0, 0.1) is 0 Å². The highest BCUT2D eigenvalue weighted by Crippen LogP contribution is 2.20. The number of aryl methyl sites for hydroxylation is 1. The molecule has 0 spiro atoms. The molecule has 0 saturated carbocycles. The summed E-state index contributed by atoms with van der Waals surface area (Å²) in [4.78, 5) is 11.8. The molecular formula is C13H12N2O2. The summed E-state index contributed by atoms with van der Waals surface area (Å²) < 4.78 is 7.06. The van der Waals surface area contributed by atoms with Gasteiger partial charge in [0.15, 0.2) is 0 Å². The van der Waals surface area contributed by atoms with E-state index in [1.54, 1.807) is 16.9 Å². The van der Waals surface area contributed by atoms with Crippen LogP contribution in [0.1, 0.15) is 13.3 Å². The van der Waals surface area contributed by atoms with Crippen molar-refractivity contribution < 1.29 is 4.42 Å². The summed E-state index contributed by atoms with van der Waals surface area (Å²) in [6.45, 7) is 2.88. The van der Waals surface area contributed by atoms with Gasteiger partial charge in [-0.25, -0.2) is 4.79 Å². The zero-order valence-corrected chi connectivity index (χ0v) is 9.51. The Balaban J connectivity index is 2.43. The molecule has 1 aromatic carbocycles. The lowest BCUT2D eigenvalue weighted by Gasteiger charge is -1.95. The molecule has 0 N–H and O–H groups in total. The molecule has 0 amide bonds. The molecule has 3 aromatic rings. The summed E-state index contributed by atoms with van der Waals surface area (Å²) >= 11 is 0. The topological polar surface area (TPSA) is 48.0 Å². The molecule has 0 fully saturated rings. The molecular weight excluding hydrogens is 216 g/mol. The van der Waals surface area contributed by atoms with Gasteiger partial charge >= 0.3 is 5.63 Å². The van der Waals surface area contributed by atoms with E-state index in [9.17, 15) is 4.79 Å². The highest BCUT2D eigenvalue weighted by Gasteiger charge is 2.10. The van der Waals surface area contributed by atoms with Crippen molar-refractivity contribution in [3.63, 3.8) is 0 Å². The SMILES string of the molecule is CCCn1cc2c(=O)oc3ccccc3c2n1. The third-order valence-corrected chi connectivity index (χ3v) is 2.78. The largest absolute Gasteiger partial charge is 0.422 e. The van der Waals surface area contributed by atoms with Gasteiger partial charge in [-0.05, 0) is 18.6 Å². The summed E-state index contributed by atoms with van der Waals surface area (Å²) in [6.07, 6.45) is 2.74. The minimum absolute atomic E-state index is 0.318. The van der Waals surface area contributed by atoms with E-state index in [0.717, 1.165) is 23.9 Å². The smallest absolute Gasteiger partial charge is 0.347 e. The third-order valence-electron chi connectivity index (χ3n) is 2.78. The van der Waals surface area contributed by atoms with E-state index in [1.807, 2.05) is 18.2 Å². The van der Waals surface area contributed by atoms with E-state index >= 15 is 0 Å². The molecule has 0 aliphatic rings. The van der Waals surface area contributed by atoms with Gasteiger partial charge in [-0.2, -0.15) is 5.10 Å². The predicted octanol–water partition coefficient (Wildman–Crippen LogP) is 2.55. The molecule has 0 aliphatic heterocycles. The van der Waals surface area contributed by atoms with Crippen LogP contribution >= 0.6 is 0 Å². The highest BCUT2D eigenvalue weighted by molar-refractivity contribution is 6.01. The van der Waals surface area contributed by atoms with Gasteiger partial charge in [-0.15, -0.1) is 0 Å². The summed E-state index contributed by atoms with van der Waals surface area (Å²) in [5, 5.41) is 5.89. The fourth-order valence-corrected chi connectivity index (χ4v) is 2.02. The molecule has 0 aliphatic carbocycles. The van der Waals surface area contributed by atoms with Gasteiger partial charge in [0.2, 0.25) is 0 Å². The molecule has 4 nitrogen and oxygen atoms in total. The van der Waals surface area contributed by atoms with Gasteiger partial charge < -0.3 is 4.42 Å². The Kier molecular flexibility index (Phi) is 2.21. The first-order chi connectivity index (χ1) is 8.29. The lowest BCUT2D eigenvalue weighted by atomic mass is 10.2. The molecule has 0 unspecified atom stereocenters. The molecule has 0 bridgehead atoms. The van der Waals surface area contributed by atoms with Crippen LogP contribution in [0.2, 0.25) is 0 Å². The highest BCUT2D eigenvalue weighted by atomic mass is 16.4. The van der Waals surface area contributed by atoms with Crippen LogP contribution in [-0.2, 0) is 6.54 Å². The second-order valence-electron chi connectivity index (χ2n) is 4.04.